The zero-order chi connectivity index (χ0) is 80.0. The third-order valence-electron chi connectivity index (χ3n) is 26.9. The number of rotatable bonds is 14. The van der Waals surface area contributed by atoms with Crippen LogP contribution in [0.5, 0.6) is 0 Å². The Labute approximate surface area is 636 Å². The number of nitrogens with zero attached hydrogens (tertiary/aromatic N) is 20. The molecule has 28 nitrogen and oxygen atoms in total. The summed E-state index contributed by atoms with van der Waals surface area (Å²) in [6, 6.07) is -1.47. The monoisotopic (exact) mass is 1500 g/mol. The Morgan fingerprint density at radius 1 is 0.198 bits per heavy atom. The summed E-state index contributed by atoms with van der Waals surface area (Å²) in [6.45, 7) is 69.2. The summed E-state index contributed by atoms with van der Waals surface area (Å²) in [7, 11) is 0. The SMILES string of the molecule is CC1(C)CC(N(c2nc(N=Nc3nc(N(C4CC(C)(C)N([OH2+])C(C)(C)C4)C4CC(C)(C)N([OH2+])C(C)(C)C4)nc(N(C4CC(C)(C)N([OH2+])C(C)(C)C4)C4CC(C)(C)N([OH2+])C(C)(C)C4)n3)nc(N(C3CC(C)(C)N([OH2+])C(C)(C)C3)C3CC(C)(C)N([OH2+])C(C)(C)C3)n2)C2CC(C)(C)N([OH2+])C(C)(C)C2)CC(C)(C)N1[OH2+]. The number of azo groups is 1. The molecule has 604 valence electrons. The Kier molecular flexibility index (Phi) is 21.5. The predicted molar refractivity (Wildman–Crippen MR) is 427 cm³/mol. The first-order valence-electron chi connectivity index (χ1n) is 39.8. The van der Waals surface area contributed by atoms with E-state index in [0.29, 0.717) is 127 Å². The summed E-state index contributed by atoms with van der Waals surface area (Å²) in [5.41, 5.74) is -9.18. The Bertz CT molecular complexity index is 2800. The molecule has 106 heavy (non-hydrogen) atoms. The molecule has 2 aromatic rings. The lowest BCUT2D eigenvalue weighted by Gasteiger charge is -2.56. The average Bonchev–Trinajstić information content (AvgIpc) is 0.743. The van der Waals surface area contributed by atoms with Crippen LogP contribution in [0, 0.1) is 0 Å². The summed E-state index contributed by atoms with van der Waals surface area (Å²) in [5, 5.41) is 102. The van der Waals surface area contributed by atoms with E-state index < -0.39 is 88.6 Å². The van der Waals surface area contributed by atoms with Crippen LogP contribution in [-0.4, -0.2) is 249 Å². The van der Waals surface area contributed by atoms with Gasteiger partial charge < -0.3 is 61.3 Å². The fourth-order valence-electron chi connectivity index (χ4n) is 23.2. The normalized spacial score (nSPS) is 29.8. The maximum Gasteiger partial charge on any atom is 0.275 e. The number of hydroxylamine groups is 16. The Balaban J connectivity index is 1.30. The van der Waals surface area contributed by atoms with E-state index in [0.717, 1.165) is 0 Å². The van der Waals surface area contributed by atoms with E-state index in [1.54, 1.807) is 40.5 Å². The van der Waals surface area contributed by atoms with Crippen LogP contribution in [-0.2, 0) is 0 Å². The molecule has 8 aliphatic heterocycles. The van der Waals surface area contributed by atoms with E-state index in [4.69, 9.17) is 40.1 Å². The molecule has 16 N–H and O–H groups in total. The van der Waals surface area contributed by atoms with Gasteiger partial charge in [0, 0.05) is 48.3 Å². The summed E-state index contributed by atoms with van der Waals surface area (Å²) in [5.74, 6) is 1.86. The van der Waals surface area contributed by atoms with Crippen LogP contribution in [0.2, 0.25) is 0 Å². The van der Waals surface area contributed by atoms with Crippen LogP contribution in [0.25, 0.3) is 0 Å². The molecule has 0 radical (unpaired) electrons. The quantitative estimate of drug-likeness (QED) is 0.126. The van der Waals surface area contributed by atoms with E-state index in [2.05, 4.69) is 241 Å². The highest BCUT2D eigenvalue weighted by molar-refractivity contribution is 5.51. The van der Waals surface area contributed by atoms with Crippen molar-refractivity contribution in [2.45, 2.75) is 461 Å². The van der Waals surface area contributed by atoms with Gasteiger partial charge in [0.25, 0.3) is 11.9 Å². The van der Waals surface area contributed by atoms with Gasteiger partial charge in [-0.3, -0.25) is 0 Å². The second-order valence-corrected chi connectivity index (χ2v) is 44.5. The molecule has 8 aliphatic rings. The molecule has 0 saturated carbocycles. The van der Waals surface area contributed by atoms with Crippen LogP contribution < -0.4 is 19.6 Å². The molecule has 10 heterocycles. The highest BCUT2D eigenvalue weighted by atomic mass is 16.5. The van der Waals surface area contributed by atoms with Crippen LogP contribution in [0.3, 0.4) is 0 Å². The highest BCUT2D eigenvalue weighted by Crippen LogP contribution is 2.53. The molecule has 0 aliphatic carbocycles. The second-order valence-electron chi connectivity index (χ2n) is 44.5. The summed E-state index contributed by atoms with van der Waals surface area (Å²) in [6.07, 6.45) is 9.94. The van der Waals surface area contributed by atoms with E-state index in [9.17, 15) is 41.7 Å². The van der Waals surface area contributed by atoms with E-state index in [1.807, 2.05) is 0 Å². The topological polar surface area (TPSA) is 324 Å². The van der Waals surface area contributed by atoms with Crippen molar-refractivity contribution in [2.75, 3.05) is 19.6 Å². The number of hydrogen-bond donors (Lipinski definition) is 0. The third kappa shape index (κ3) is 15.9. The van der Waals surface area contributed by atoms with Crippen molar-refractivity contribution in [2.24, 2.45) is 10.2 Å². The third-order valence-corrected chi connectivity index (χ3v) is 26.9. The maximum atomic E-state index is 9.66. The molecule has 8 fully saturated rings. The number of piperidine rings is 8. The molecular formula is C78H152N20O8+8. The molecule has 0 spiro atoms. The van der Waals surface area contributed by atoms with Crippen molar-refractivity contribution in [3.63, 3.8) is 0 Å². The lowest BCUT2D eigenvalue weighted by Crippen LogP contribution is -2.68. The molecule has 8 saturated heterocycles. The fourth-order valence-corrected chi connectivity index (χ4v) is 23.2. The van der Waals surface area contributed by atoms with Gasteiger partial charge in [-0.2, -0.15) is 29.9 Å². The van der Waals surface area contributed by atoms with Gasteiger partial charge >= 0.3 is 0 Å². The van der Waals surface area contributed by atoms with Crippen LogP contribution in [0.4, 0.5) is 35.7 Å². The first kappa shape index (κ1) is 84.6. The Morgan fingerprint density at radius 3 is 0.387 bits per heavy atom. The minimum Gasteiger partial charge on any atom is -0.338 e. The van der Waals surface area contributed by atoms with Gasteiger partial charge in [0.15, 0.2) is 0 Å². The van der Waals surface area contributed by atoms with Crippen molar-refractivity contribution in [1.82, 2.24) is 70.4 Å². The largest absolute Gasteiger partial charge is 0.338 e. The van der Waals surface area contributed by atoms with Gasteiger partial charge in [-0.1, -0.05) is 40.5 Å². The highest BCUT2D eigenvalue weighted by Gasteiger charge is 2.62. The molecule has 0 amide bonds. The Hall–Kier alpha value is -3.82. The van der Waals surface area contributed by atoms with Gasteiger partial charge in [0.2, 0.25) is 23.8 Å². The molecule has 10 rings (SSSR count). The molecule has 0 unspecified atom stereocenters. The van der Waals surface area contributed by atoms with Gasteiger partial charge in [-0.15, -0.1) is 10.2 Å². The smallest absolute Gasteiger partial charge is 0.275 e. The van der Waals surface area contributed by atoms with E-state index >= 15 is 0 Å². The van der Waals surface area contributed by atoms with Crippen molar-refractivity contribution >= 4 is 35.7 Å². The second kappa shape index (κ2) is 26.9. The van der Waals surface area contributed by atoms with Crippen molar-refractivity contribution in [3.8, 4) is 0 Å². The molecule has 28 heteroatoms. The minimum absolute atomic E-state index is 0.0586. The number of hydrogen-bond acceptors (Lipinski definition) is 20. The van der Waals surface area contributed by atoms with Gasteiger partial charge in [0.05, 0.1) is 88.6 Å². The molecule has 0 atom stereocenters. The molecule has 0 aromatic carbocycles. The lowest BCUT2D eigenvalue weighted by molar-refractivity contribution is -0.251. The van der Waals surface area contributed by atoms with Crippen molar-refractivity contribution in [3.05, 3.63) is 0 Å². The van der Waals surface area contributed by atoms with Gasteiger partial charge in [-0.25, -0.2) is 0 Å². The van der Waals surface area contributed by atoms with E-state index in [-0.39, 0.29) is 60.2 Å². The first-order valence-corrected chi connectivity index (χ1v) is 39.8. The van der Waals surface area contributed by atoms with Crippen molar-refractivity contribution < 1.29 is 41.7 Å². The van der Waals surface area contributed by atoms with Gasteiger partial charge in [0.1, 0.15) is 0 Å². The lowest BCUT2D eigenvalue weighted by atomic mass is 9.74. The van der Waals surface area contributed by atoms with Crippen molar-refractivity contribution in [1.29, 1.82) is 0 Å². The summed E-state index contributed by atoms with van der Waals surface area (Å²) < 4.78 is 0. The zero-order valence-electron chi connectivity index (χ0n) is 71.9. The van der Waals surface area contributed by atoms with Crippen LogP contribution in [0.1, 0.15) is 324 Å². The number of anilines is 4. The molecular weight excluding hydrogens is 1340 g/mol. The predicted octanol–water partition coefficient (Wildman–Crippen LogP) is 8.99. The first-order chi connectivity index (χ1) is 47.6. The van der Waals surface area contributed by atoms with Crippen LogP contribution in [0.15, 0.2) is 10.2 Å². The molecule has 2 aromatic heterocycles. The maximum absolute atomic E-state index is 9.66. The molecule has 0 bridgehead atoms. The van der Waals surface area contributed by atoms with Gasteiger partial charge in [-0.05, 0) is 324 Å². The number of aromatic nitrogens is 6. The Morgan fingerprint density at radius 2 is 0.292 bits per heavy atom. The average molecular weight is 1500 g/mol. The van der Waals surface area contributed by atoms with Crippen LogP contribution >= 0.6 is 0 Å². The summed E-state index contributed by atoms with van der Waals surface area (Å²) in [4.78, 5) is 44.2. The summed E-state index contributed by atoms with van der Waals surface area (Å²) >= 11 is 0. The standard InChI is InChI=1S/C78H144N20O8/c1-63(2)33-49(34-64(3,4)91(63)99)87(50-35-65(5,6)92(100)66(7,8)36-50)59-79-57(80-60(83-59)88(51-37-67(9,10)93(101)68(11,12)38-51)52-39-69(13,14)94(102)70(15,16)40-52)85-86-58-81-61(89(53-41-71(17,18)95(103)72(19,20)42-53)54-43-73(21,22)96(104)74(23,24)44-54)84-62(82-58)90(55-45-75(25,26)97(105)76(27,28)46-55)56-47-77(29,30)98(106)78(31,32)48-56/h49-56,99-106H,33-48H2,1-32H3/p+8. The minimum atomic E-state index is -0.574. The zero-order valence-corrected chi connectivity index (χ0v) is 71.9. The van der Waals surface area contributed by atoms with E-state index in [1.165, 1.54) is 0 Å². The fraction of sp³-hybridized carbons (Fsp3) is 0.923.